The van der Waals surface area contributed by atoms with Crippen molar-refractivity contribution in [2.45, 2.75) is 51.5 Å². The number of hydrazone groups is 1. The van der Waals surface area contributed by atoms with Gasteiger partial charge in [0.1, 0.15) is 17.0 Å². The summed E-state index contributed by atoms with van der Waals surface area (Å²) in [5.74, 6) is 0.795. The summed E-state index contributed by atoms with van der Waals surface area (Å²) in [6.07, 6.45) is 5.28. The third kappa shape index (κ3) is 3.52. The number of urea groups is 1. The lowest BCUT2D eigenvalue weighted by atomic mass is 9.77. The van der Waals surface area contributed by atoms with E-state index in [1.165, 1.54) is 12.3 Å². The third-order valence-electron chi connectivity index (χ3n) is 5.06. The summed E-state index contributed by atoms with van der Waals surface area (Å²) in [5.41, 5.74) is -0.409. The van der Waals surface area contributed by atoms with Crippen LogP contribution in [0.15, 0.2) is 23.3 Å². The van der Waals surface area contributed by atoms with Crippen molar-refractivity contribution < 1.29 is 19.4 Å². The van der Waals surface area contributed by atoms with Crippen molar-refractivity contribution in [3.05, 3.63) is 23.8 Å². The Labute approximate surface area is 153 Å². The Kier molecular flexibility index (Phi) is 5.15. The highest BCUT2D eigenvalue weighted by molar-refractivity contribution is 6.07. The van der Waals surface area contributed by atoms with Crippen molar-refractivity contribution in [2.24, 2.45) is 11.0 Å². The molecule has 1 aliphatic carbocycles. The minimum absolute atomic E-state index is 0.0180. The standard InChI is InChI=1S/C19H25N3O4/c1-3-10-26-15-5-4-14(16(23)11-15)12-20-22-17(24)19(21-18(22)25)8-6-13(2)7-9-19/h4-5,11-13,23H,3,6-10H2,1-2H3,(H,21,25)/b20-12+. The average Bonchev–Trinajstić information content (AvgIpc) is 2.85. The first-order valence-electron chi connectivity index (χ1n) is 9.11. The maximum atomic E-state index is 12.7. The molecule has 1 saturated heterocycles. The van der Waals surface area contributed by atoms with Gasteiger partial charge in [-0.25, -0.2) is 4.79 Å². The van der Waals surface area contributed by atoms with Crippen LogP contribution in [0.2, 0.25) is 0 Å². The fourth-order valence-corrected chi connectivity index (χ4v) is 3.37. The molecule has 3 rings (SSSR count). The summed E-state index contributed by atoms with van der Waals surface area (Å²) >= 11 is 0. The second-order valence-corrected chi connectivity index (χ2v) is 7.13. The van der Waals surface area contributed by atoms with Crippen LogP contribution in [0, 0.1) is 5.92 Å². The van der Waals surface area contributed by atoms with Crippen LogP contribution in [0.25, 0.3) is 0 Å². The Morgan fingerprint density at radius 1 is 1.38 bits per heavy atom. The number of amides is 3. The van der Waals surface area contributed by atoms with Crippen LogP contribution in [0.1, 0.15) is 51.5 Å². The smallest absolute Gasteiger partial charge is 0.346 e. The van der Waals surface area contributed by atoms with Gasteiger partial charge in [0.15, 0.2) is 0 Å². The number of benzene rings is 1. The SMILES string of the molecule is CCCOc1ccc(/C=N/N2C(=O)NC3(CCC(C)CC3)C2=O)c(O)c1. The molecule has 2 fully saturated rings. The predicted molar refractivity (Wildman–Crippen MR) is 97.2 cm³/mol. The number of phenols is 1. The van der Waals surface area contributed by atoms with Gasteiger partial charge in [-0.05, 0) is 50.2 Å². The van der Waals surface area contributed by atoms with Gasteiger partial charge in [-0.2, -0.15) is 5.10 Å². The number of rotatable bonds is 5. The maximum absolute atomic E-state index is 12.7. The molecule has 7 nitrogen and oxygen atoms in total. The van der Waals surface area contributed by atoms with Gasteiger partial charge in [-0.3, -0.25) is 4.79 Å². The molecule has 140 valence electrons. The molecule has 3 amide bonds. The molecule has 26 heavy (non-hydrogen) atoms. The number of phenolic OH excluding ortho intramolecular Hbond substituents is 1. The number of carbonyl (C=O) groups is 2. The number of nitrogens with one attached hydrogen (secondary N) is 1. The molecule has 1 spiro atoms. The van der Waals surface area contributed by atoms with Crippen LogP contribution >= 0.6 is 0 Å². The number of nitrogens with zero attached hydrogens (tertiary/aromatic N) is 2. The lowest BCUT2D eigenvalue weighted by Gasteiger charge is -2.33. The van der Waals surface area contributed by atoms with Crippen molar-refractivity contribution in [3.63, 3.8) is 0 Å². The topological polar surface area (TPSA) is 91.2 Å². The van der Waals surface area contributed by atoms with Crippen LogP contribution in [-0.4, -0.2) is 40.4 Å². The predicted octanol–water partition coefficient (Wildman–Crippen LogP) is 3.02. The van der Waals surface area contributed by atoms with E-state index < -0.39 is 11.6 Å². The molecular weight excluding hydrogens is 334 g/mol. The van der Waals surface area contributed by atoms with Crippen molar-refractivity contribution in [2.75, 3.05) is 6.61 Å². The average molecular weight is 359 g/mol. The molecule has 1 aromatic carbocycles. The zero-order valence-electron chi connectivity index (χ0n) is 15.2. The molecule has 1 aliphatic heterocycles. The number of ether oxygens (including phenoxy) is 1. The van der Waals surface area contributed by atoms with Crippen LogP contribution in [-0.2, 0) is 4.79 Å². The number of imide groups is 1. The van der Waals surface area contributed by atoms with Gasteiger partial charge in [0.2, 0.25) is 0 Å². The molecule has 0 unspecified atom stereocenters. The zero-order chi connectivity index (χ0) is 18.7. The maximum Gasteiger partial charge on any atom is 0.346 e. The summed E-state index contributed by atoms with van der Waals surface area (Å²) in [4.78, 5) is 24.9. The Hall–Kier alpha value is -2.57. The number of hydrogen-bond donors (Lipinski definition) is 2. The first-order chi connectivity index (χ1) is 12.4. The van der Waals surface area contributed by atoms with Gasteiger partial charge < -0.3 is 15.2 Å². The zero-order valence-corrected chi connectivity index (χ0v) is 15.2. The van der Waals surface area contributed by atoms with Crippen molar-refractivity contribution in [1.29, 1.82) is 0 Å². The molecule has 1 aromatic rings. The van der Waals surface area contributed by atoms with Gasteiger partial charge >= 0.3 is 6.03 Å². The lowest BCUT2D eigenvalue weighted by Crippen LogP contribution is -2.49. The first-order valence-corrected chi connectivity index (χ1v) is 9.11. The quantitative estimate of drug-likeness (QED) is 0.624. The van der Waals surface area contributed by atoms with Gasteiger partial charge in [0.05, 0.1) is 12.8 Å². The Balaban J connectivity index is 1.72. The minimum atomic E-state index is -0.819. The van der Waals surface area contributed by atoms with E-state index in [-0.39, 0.29) is 11.7 Å². The molecule has 0 aromatic heterocycles. The molecular formula is C19H25N3O4. The molecule has 2 aliphatic rings. The van der Waals surface area contributed by atoms with E-state index in [1.54, 1.807) is 12.1 Å². The lowest BCUT2D eigenvalue weighted by molar-refractivity contribution is -0.132. The molecule has 0 bridgehead atoms. The summed E-state index contributed by atoms with van der Waals surface area (Å²) in [5, 5.41) is 17.8. The molecule has 1 heterocycles. The summed E-state index contributed by atoms with van der Waals surface area (Å²) in [7, 11) is 0. The van der Waals surface area contributed by atoms with Crippen molar-refractivity contribution in [3.8, 4) is 11.5 Å². The van der Waals surface area contributed by atoms with Crippen LogP contribution in [0.4, 0.5) is 4.79 Å². The van der Waals surface area contributed by atoms with Crippen molar-refractivity contribution >= 4 is 18.2 Å². The second kappa shape index (κ2) is 7.35. The van der Waals surface area contributed by atoms with E-state index >= 15 is 0 Å². The van der Waals surface area contributed by atoms with E-state index in [0.29, 0.717) is 36.7 Å². The van der Waals surface area contributed by atoms with E-state index in [0.717, 1.165) is 24.3 Å². The van der Waals surface area contributed by atoms with Gasteiger partial charge in [-0.1, -0.05) is 13.8 Å². The fraction of sp³-hybridized carbons (Fsp3) is 0.526. The van der Waals surface area contributed by atoms with E-state index in [2.05, 4.69) is 17.3 Å². The molecule has 2 N–H and O–H groups in total. The normalized spacial score (nSPS) is 25.9. The first kappa shape index (κ1) is 18.2. The van der Waals surface area contributed by atoms with E-state index in [4.69, 9.17) is 4.74 Å². The Morgan fingerprint density at radius 3 is 2.77 bits per heavy atom. The Morgan fingerprint density at radius 2 is 2.12 bits per heavy atom. The van der Waals surface area contributed by atoms with Gasteiger partial charge in [-0.15, -0.1) is 5.01 Å². The molecule has 0 atom stereocenters. The van der Waals surface area contributed by atoms with Crippen LogP contribution in [0.3, 0.4) is 0 Å². The highest BCUT2D eigenvalue weighted by Gasteiger charge is 2.52. The van der Waals surface area contributed by atoms with Crippen LogP contribution < -0.4 is 10.1 Å². The molecule has 1 saturated carbocycles. The van der Waals surface area contributed by atoms with E-state index in [1.807, 2.05) is 6.92 Å². The fourth-order valence-electron chi connectivity index (χ4n) is 3.37. The highest BCUT2D eigenvalue weighted by atomic mass is 16.5. The molecule has 0 radical (unpaired) electrons. The summed E-state index contributed by atoms with van der Waals surface area (Å²) in [6, 6.07) is 4.34. The van der Waals surface area contributed by atoms with Crippen molar-refractivity contribution in [1.82, 2.24) is 10.3 Å². The summed E-state index contributed by atoms with van der Waals surface area (Å²) in [6.45, 7) is 4.72. The number of hydrogen-bond acceptors (Lipinski definition) is 5. The number of aromatic hydroxyl groups is 1. The molecule has 7 heteroatoms. The largest absolute Gasteiger partial charge is 0.507 e. The third-order valence-corrected chi connectivity index (χ3v) is 5.06. The Bertz CT molecular complexity index is 723. The van der Waals surface area contributed by atoms with E-state index in [9.17, 15) is 14.7 Å². The second-order valence-electron chi connectivity index (χ2n) is 7.13. The number of carbonyl (C=O) groups excluding carboxylic acids is 2. The highest BCUT2D eigenvalue weighted by Crippen LogP contribution is 2.36. The summed E-state index contributed by atoms with van der Waals surface area (Å²) < 4.78 is 5.45. The van der Waals surface area contributed by atoms with Crippen LogP contribution in [0.5, 0.6) is 11.5 Å². The monoisotopic (exact) mass is 359 g/mol. The minimum Gasteiger partial charge on any atom is -0.507 e. The van der Waals surface area contributed by atoms with Gasteiger partial charge in [0.25, 0.3) is 5.91 Å². The van der Waals surface area contributed by atoms with Gasteiger partial charge in [0, 0.05) is 11.6 Å².